The minimum absolute atomic E-state index is 0.259. The molecule has 0 aromatic carbocycles. The molecular formula is C11H11N5O2. The molecule has 2 rings (SSSR count). The average Bonchev–Trinajstić information content (AvgIpc) is 2.77. The van der Waals surface area contributed by atoms with E-state index in [1.165, 1.54) is 6.20 Å². The van der Waals surface area contributed by atoms with Crippen molar-refractivity contribution in [2.75, 3.05) is 5.32 Å². The number of carbonyl (C=O) groups is 2. The van der Waals surface area contributed by atoms with Gasteiger partial charge in [0.15, 0.2) is 0 Å². The van der Waals surface area contributed by atoms with Gasteiger partial charge in [0.25, 0.3) is 5.91 Å². The molecule has 2 aromatic rings. The third-order valence-corrected chi connectivity index (χ3v) is 2.33. The Balaban J connectivity index is 2.53. The van der Waals surface area contributed by atoms with Crippen molar-refractivity contribution in [2.24, 2.45) is 11.5 Å². The van der Waals surface area contributed by atoms with Crippen LogP contribution in [0.5, 0.6) is 0 Å². The first kappa shape index (κ1) is 11.6. The molecular weight excluding hydrogens is 234 g/mol. The van der Waals surface area contributed by atoms with Crippen molar-refractivity contribution in [1.29, 1.82) is 0 Å². The number of nitrogens with zero attached hydrogens (tertiary/aromatic N) is 1. The van der Waals surface area contributed by atoms with E-state index < -0.39 is 11.9 Å². The first-order valence-electron chi connectivity index (χ1n) is 5.08. The molecule has 0 spiro atoms. The van der Waals surface area contributed by atoms with Crippen molar-refractivity contribution >= 4 is 17.8 Å². The molecule has 0 unspecified atom stereocenters. The Morgan fingerprint density at radius 1 is 1.28 bits per heavy atom. The molecule has 0 aliphatic carbocycles. The maximum absolute atomic E-state index is 11.3. The number of hydrogen-bond donors (Lipinski definition) is 4. The summed E-state index contributed by atoms with van der Waals surface area (Å²) in [6, 6.07) is 4.18. The van der Waals surface area contributed by atoms with Crippen molar-refractivity contribution in [3.8, 4) is 11.3 Å². The summed E-state index contributed by atoms with van der Waals surface area (Å²) >= 11 is 0. The van der Waals surface area contributed by atoms with Gasteiger partial charge in [-0.2, -0.15) is 0 Å². The number of carbonyl (C=O) groups excluding carboxylic acids is 2. The van der Waals surface area contributed by atoms with Crippen LogP contribution in [-0.4, -0.2) is 21.9 Å². The van der Waals surface area contributed by atoms with Crippen molar-refractivity contribution in [3.05, 3.63) is 36.2 Å². The van der Waals surface area contributed by atoms with Crippen LogP contribution in [0.25, 0.3) is 11.3 Å². The molecule has 0 fully saturated rings. The Morgan fingerprint density at radius 3 is 2.72 bits per heavy atom. The molecule has 3 amide bonds. The molecule has 0 radical (unpaired) electrons. The van der Waals surface area contributed by atoms with Gasteiger partial charge in [-0.1, -0.05) is 0 Å². The highest BCUT2D eigenvalue weighted by molar-refractivity contribution is 6.01. The number of anilines is 1. The molecule has 0 saturated heterocycles. The molecule has 0 bridgehead atoms. The van der Waals surface area contributed by atoms with E-state index in [0.29, 0.717) is 16.8 Å². The number of primary amides is 2. The lowest BCUT2D eigenvalue weighted by Crippen LogP contribution is -2.20. The zero-order chi connectivity index (χ0) is 13.1. The van der Waals surface area contributed by atoms with E-state index in [2.05, 4.69) is 15.3 Å². The smallest absolute Gasteiger partial charge is 0.317 e. The van der Waals surface area contributed by atoms with Gasteiger partial charge in [0.2, 0.25) is 0 Å². The van der Waals surface area contributed by atoms with Gasteiger partial charge in [-0.3, -0.25) is 10.1 Å². The maximum Gasteiger partial charge on any atom is 0.317 e. The summed E-state index contributed by atoms with van der Waals surface area (Å²) in [4.78, 5) is 29.0. The lowest BCUT2D eigenvalue weighted by atomic mass is 10.1. The van der Waals surface area contributed by atoms with Gasteiger partial charge in [-0.25, -0.2) is 9.78 Å². The fraction of sp³-hybridized carbons (Fsp3) is 0. The second-order valence-corrected chi connectivity index (χ2v) is 3.52. The minimum atomic E-state index is -0.734. The van der Waals surface area contributed by atoms with Crippen LogP contribution < -0.4 is 16.8 Å². The SMILES string of the molecule is NC(=O)Nc1ncccc1-c1[nH]ccc1C(N)=O. The summed E-state index contributed by atoms with van der Waals surface area (Å²) in [6.45, 7) is 0. The fourth-order valence-corrected chi connectivity index (χ4v) is 1.62. The van der Waals surface area contributed by atoms with Gasteiger partial charge >= 0.3 is 6.03 Å². The second-order valence-electron chi connectivity index (χ2n) is 3.52. The Bertz CT molecular complexity index is 605. The quantitative estimate of drug-likeness (QED) is 0.634. The predicted octanol–water partition coefficient (Wildman–Crippen LogP) is 0.666. The van der Waals surface area contributed by atoms with Crippen molar-refractivity contribution in [1.82, 2.24) is 9.97 Å². The summed E-state index contributed by atoms with van der Waals surface area (Å²) in [7, 11) is 0. The largest absolute Gasteiger partial charge is 0.366 e. The van der Waals surface area contributed by atoms with E-state index in [0.717, 1.165) is 0 Å². The summed E-state index contributed by atoms with van der Waals surface area (Å²) in [5.41, 5.74) is 11.6. The van der Waals surface area contributed by atoms with Crippen LogP contribution in [0.15, 0.2) is 30.6 Å². The molecule has 0 aliphatic rings. The van der Waals surface area contributed by atoms with E-state index in [4.69, 9.17) is 11.5 Å². The minimum Gasteiger partial charge on any atom is -0.366 e. The normalized spacial score (nSPS) is 10.0. The van der Waals surface area contributed by atoms with Crippen molar-refractivity contribution in [3.63, 3.8) is 0 Å². The number of aromatic nitrogens is 2. The highest BCUT2D eigenvalue weighted by Gasteiger charge is 2.15. The number of rotatable bonds is 3. The van der Waals surface area contributed by atoms with Gasteiger partial charge in [-0.15, -0.1) is 0 Å². The van der Waals surface area contributed by atoms with E-state index in [-0.39, 0.29) is 5.82 Å². The second kappa shape index (κ2) is 4.58. The van der Waals surface area contributed by atoms with E-state index in [1.807, 2.05) is 0 Å². The van der Waals surface area contributed by atoms with Crippen LogP contribution in [0, 0.1) is 0 Å². The molecule has 7 heteroatoms. The lowest BCUT2D eigenvalue weighted by molar-refractivity contribution is 0.100. The lowest BCUT2D eigenvalue weighted by Gasteiger charge is -2.08. The highest BCUT2D eigenvalue weighted by atomic mass is 16.2. The zero-order valence-electron chi connectivity index (χ0n) is 9.31. The van der Waals surface area contributed by atoms with E-state index in [1.54, 1.807) is 24.4 Å². The monoisotopic (exact) mass is 245 g/mol. The summed E-state index contributed by atoms with van der Waals surface area (Å²) in [5, 5.41) is 2.38. The number of pyridine rings is 1. The topological polar surface area (TPSA) is 127 Å². The fourth-order valence-electron chi connectivity index (χ4n) is 1.62. The molecule has 7 nitrogen and oxygen atoms in total. The van der Waals surface area contributed by atoms with Crippen LogP contribution in [-0.2, 0) is 0 Å². The first-order valence-corrected chi connectivity index (χ1v) is 5.08. The Kier molecular flexibility index (Phi) is 2.96. The van der Waals surface area contributed by atoms with Crippen LogP contribution in [0.1, 0.15) is 10.4 Å². The molecule has 6 N–H and O–H groups in total. The Morgan fingerprint density at radius 2 is 2.06 bits per heavy atom. The number of aromatic amines is 1. The average molecular weight is 245 g/mol. The molecule has 0 atom stereocenters. The van der Waals surface area contributed by atoms with Gasteiger partial charge < -0.3 is 16.5 Å². The summed E-state index contributed by atoms with van der Waals surface area (Å²) in [6.07, 6.45) is 3.08. The molecule has 0 saturated carbocycles. The van der Waals surface area contributed by atoms with E-state index >= 15 is 0 Å². The Hall–Kier alpha value is -2.83. The van der Waals surface area contributed by atoms with Crippen LogP contribution >= 0.6 is 0 Å². The third-order valence-electron chi connectivity index (χ3n) is 2.33. The maximum atomic E-state index is 11.3. The number of H-pyrrole nitrogens is 1. The van der Waals surface area contributed by atoms with Gasteiger partial charge in [0.1, 0.15) is 5.82 Å². The molecule has 2 aromatic heterocycles. The predicted molar refractivity (Wildman–Crippen MR) is 65.7 cm³/mol. The van der Waals surface area contributed by atoms with Crippen LogP contribution in [0.3, 0.4) is 0 Å². The molecule has 2 heterocycles. The van der Waals surface area contributed by atoms with Gasteiger partial charge in [-0.05, 0) is 18.2 Å². The van der Waals surface area contributed by atoms with Crippen molar-refractivity contribution < 1.29 is 9.59 Å². The third kappa shape index (κ3) is 2.14. The number of amides is 3. The van der Waals surface area contributed by atoms with E-state index in [9.17, 15) is 9.59 Å². The summed E-state index contributed by atoms with van der Waals surface area (Å²) in [5.74, 6) is -0.310. The standard InChI is InChI=1S/C11H11N5O2/c12-9(17)6-3-5-14-8(6)7-2-1-4-15-10(7)16-11(13)18/h1-5,14H,(H2,12,17)(H3,13,15,16,18). The molecule has 92 valence electrons. The van der Waals surface area contributed by atoms with Crippen LogP contribution in [0.4, 0.5) is 10.6 Å². The Labute approximate surface area is 102 Å². The number of urea groups is 1. The highest BCUT2D eigenvalue weighted by Crippen LogP contribution is 2.27. The van der Waals surface area contributed by atoms with Gasteiger partial charge in [0, 0.05) is 18.0 Å². The van der Waals surface area contributed by atoms with Crippen LogP contribution in [0.2, 0.25) is 0 Å². The first-order chi connectivity index (χ1) is 8.59. The number of nitrogens with one attached hydrogen (secondary N) is 2. The zero-order valence-corrected chi connectivity index (χ0v) is 9.31. The van der Waals surface area contributed by atoms with Gasteiger partial charge in [0.05, 0.1) is 11.3 Å². The number of hydrogen-bond acceptors (Lipinski definition) is 3. The molecule has 0 aliphatic heterocycles. The summed E-state index contributed by atoms with van der Waals surface area (Å²) < 4.78 is 0. The number of nitrogens with two attached hydrogens (primary N) is 2. The molecule has 18 heavy (non-hydrogen) atoms. The van der Waals surface area contributed by atoms with Crippen molar-refractivity contribution in [2.45, 2.75) is 0 Å².